The summed E-state index contributed by atoms with van der Waals surface area (Å²) in [5.74, 6) is 0.181. The van der Waals surface area contributed by atoms with Crippen LogP contribution >= 0.6 is 0 Å². The van der Waals surface area contributed by atoms with Gasteiger partial charge < -0.3 is 9.88 Å². The molecule has 19 heavy (non-hydrogen) atoms. The molecule has 1 aliphatic rings. The van der Waals surface area contributed by atoms with Crippen molar-refractivity contribution < 1.29 is 4.79 Å². The Morgan fingerprint density at radius 2 is 1.89 bits per heavy atom. The van der Waals surface area contributed by atoms with Crippen LogP contribution in [-0.2, 0) is 18.3 Å². The Kier molecular flexibility index (Phi) is 4.67. The summed E-state index contributed by atoms with van der Waals surface area (Å²) in [6.45, 7) is 4.17. The molecule has 106 valence electrons. The van der Waals surface area contributed by atoms with Crippen LogP contribution in [0.3, 0.4) is 0 Å². The monoisotopic (exact) mass is 262 g/mol. The zero-order valence-electron chi connectivity index (χ0n) is 12.5. The van der Waals surface area contributed by atoms with Crippen molar-refractivity contribution in [2.24, 2.45) is 7.05 Å². The van der Waals surface area contributed by atoms with Crippen molar-refractivity contribution in [3.8, 4) is 0 Å². The van der Waals surface area contributed by atoms with Gasteiger partial charge >= 0.3 is 0 Å². The van der Waals surface area contributed by atoms with Gasteiger partial charge in [0.25, 0.3) is 0 Å². The molecular weight excluding hydrogens is 236 g/mol. The lowest BCUT2D eigenvalue weighted by molar-refractivity contribution is -0.121. The molecule has 1 aliphatic carbocycles. The van der Waals surface area contributed by atoms with Gasteiger partial charge in [-0.3, -0.25) is 4.79 Å². The predicted molar refractivity (Wildman–Crippen MR) is 78.2 cm³/mol. The van der Waals surface area contributed by atoms with Crippen molar-refractivity contribution in [3.63, 3.8) is 0 Å². The highest BCUT2D eigenvalue weighted by Gasteiger charge is 2.16. The van der Waals surface area contributed by atoms with Crippen molar-refractivity contribution >= 4 is 5.91 Å². The van der Waals surface area contributed by atoms with Gasteiger partial charge in [0.05, 0.1) is 6.42 Å². The molecule has 0 aliphatic heterocycles. The summed E-state index contributed by atoms with van der Waals surface area (Å²) in [4.78, 5) is 12.1. The van der Waals surface area contributed by atoms with Crippen LogP contribution in [0.15, 0.2) is 6.07 Å². The van der Waals surface area contributed by atoms with Gasteiger partial charge in [-0.05, 0) is 38.3 Å². The first-order valence-corrected chi connectivity index (χ1v) is 7.49. The van der Waals surface area contributed by atoms with Gasteiger partial charge in [0.1, 0.15) is 0 Å². The van der Waals surface area contributed by atoms with Gasteiger partial charge in [0.2, 0.25) is 5.91 Å². The maximum absolute atomic E-state index is 12.1. The van der Waals surface area contributed by atoms with Crippen molar-refractivity contribution in [2.45, 2.75) is 64.8 Å². The summed E-state index contributed by atoms with van der Waals surface area (Å²) in [7, 11) is 2.05. The van der Waals surface area contributed by atoms with Crippen LogP contribution in [0.5, 0.6) is 0 Å². The third-order valence-electron chi connectivity index (χ3n) is 4.45. The molecule has 0 bridgehead atoms. The van der Waals surface area contributed by atoms with E-state index in [1.807, 2.05) is 0 Å². The van der Waals surface area contributed by atoms with E-state index in [1.54, 1.807) is 0 Å². The number of carbonyl (C=O) groups is 1. The van der Waals surface area contributed by atoms with Gasteiger partial charge in [-0.1, -0.05) is 25.7 Å². The van der Waals surface area contributed by atoms with Crippen molar-refractivity contribution in [1.29, 1.82) is 0 Å². The van der Waals surface area contributed by atoms with Crippen molar-refractivity contribution in [2.75, 3.05) is 0 Å². The SMILES string of the molecule is Cc1cc(CC(=O)NC2CCCCCC2)c(C)n1C. The van der Waals surface area contributed by atoms with Gasteiger partial charge in [-0.25, -0.2) is 0 Å². The normalized spacial score (nSPS) is 17.2. The summed E-state index contributed by atoms with van der Waals surface area (Å²) in [6.07, 6.45) is 7.98. The summed E-state index contributed by atoms with van der Waals surface area (Å²) in [6, 6.07) is 2.53. The fraction of sp³-hybridized carbons (Fsp3) is 0.688. The molecule has 3 heteroatoms. The number of carbonyl (C=O) groups excluding carboxylic acids is 1. The molecule has 1 fully saturated rings. The highest BCUT2D eigenvalue weighted by atomic mass is 16.1. The highest BCUT2D eigenvalue weighted by Crippen LogP contribution is 2.18. The van der Waals surface area contributed by atoms with Gasteiger partial charge in [0, 0.05) is 24.5 Å². The number of nitrogens with zero attached hydrogens (tertiary/aromatic N) is 1. The maximum atomic E-state index is 12.1. The molecule has 0 radical (unpaired) electrons. The standard InChI is InChI=1S/C16H26N2O/c1-12-10-14(13(2)18(12)3)11-16(19)17-15-8-6-4-5-7-9-15/h10,15H,4-9,11H2,1-3H3,(H,17,19). The highest BCUT2D eigenvalue weighted by molar-refractivity contribution is 5.79. The number of rotatable bonds is 3. The van der Waals surface area contributed by atoms with E-state index in [9.17, 15) is 4.79 Å². The van der Waals surface area contributed by atoms with Gasteiger partial charge in [-0.15, -0.1) is 0 Å². The zero-order valence-corrected chi connectivity index (χ0v) is 12.5. The van der Waals surface area contributed by atoms with E-state index in [-0.39, 0.29) is 5.91 Å². The van der Waals surface area contributed by atoms with E-state index in [0.29, 0.717) is 12.5 Å². The first-order chi connectivity index (χ1) is 9.08. The lowest BCUT2D eigenvalue weighted by atomic mass is 10.1. The second-order valence-electron chi connectivity index (χ2n) is 5.89. The third-order valence-corrected chi connectivity index (χ3v) is 4.45. The molecule has 0 saturated heterocycles. The molecule has 1 N–H and O–H groups in total. The number of nitrogens with one attached hydrogen (secondary N) is 1. The fourth-order valence-electron chi connectivity index (χ4n) is 2.99. The number of amides is 1. The maximum Gasteiger partial charge on any atom is 0.224 e. The van der Waals surface area contributed by atoms with Gasteiger partial charge in [-0.2, -0.15) is 0 Å². The molecule has 0 atom stereocenters. The summed E-state index contributed by atoms with van der Waals surface area (Å²) >= 11 is 0. The van der Waals surface area contributed by atoms with Crippen LogP contribution in [0.4, 0.5) is 0 Å². The number of aryl methyl sites for hydroxylation is 1. The quantitative estimate of drug-likeness (QED) is 0.835. The smallest absolute Gasteiger partial charge is 0.224 e. The Balaban J connectivity index is 1.91. The van der Waals surface area contributed by atoms with E-state index in [4.69, 9.17) is 0 Å². The van der Waals surface area contributed by atoms with Gasteiger partial charge in [0.15, 0.2) is 0 Å². The molecule has 2 rings (SSSR count). The molecule has 1 aromatic heterocycles. The average Bonchev–Trinajstić information content (AvgIpc) is 2.61. The third kappa shape index (κ3) is 3.62. The average molecular weight is 262 g/mol. The molecule has 0 aromatic carbocycles. The Morgan fingerprint density at radius 3 is 2.42 bits per heavy atom. The predicted octanol–water partition coefficient (Wildman–Crippen LogP) is 3.02. The Morgan fingerprint density at radius 1 is 1.26 bits per heavy atom. The number of hydrogen-bond acceptors (Lipinski definition) is 1. The summed E-state index contributed by atoms with van der Waals surface area (Å²) in [5.41, 5.74) is 3.58. The minimum absolute atomic E-state index is 0.181. The van der Waals surface area contributed by atoms with Crippen LogP contribution in [0, 0.1) is 13.8 Å². The van der Waals surface area contributed by atoms with E-state index in [1.165, 1.54) is 37.1 Å². The molecule has 0 spiro atoms. The minimum atomic E-state index is 0.181. The largest absolute Gasteiger partial charge is 0.353 e. The molecule has 1 amide bonds. The van der Waals surface area contributed by atoms with Crippen LogP contribution in [0.1, 0.15) is 55.5 Å². The number of aromatic nitrogens is 1. The van der Waals surface area contributed by atoms with Crippen LogP contribution in [-0.4, -0.2) is 16.5 Å². The van der Waals surface area contributed by atoms with Crippen molar-refractivity contribution in [3.05, 3.63) is 23.0 Å². The molecule has 0 unspecified atom stereocenters. The second kappa shape index (κ2) is 6.27. The fourth-order valence-corrected chi connectivity index (χ4v) is 2.99. The molecule has 3 nitrogen and oxygen atoms in total. The van der Waals surface area contributed by atoms with Crippen LogP contribution in [0.2, 0.25) is 0 Å². The van der Waals surface area contributed by atoms with E-state index >= 15 is 0 Å². The van der Waals surface area contributed by atoms with E-state index in [2.05, 4.69) is 36.8 Å². The first-order valence-electron chi connectivity index (χ1n) is 7.49. The molecule has 1 saturated carbocycles. The second-order valence-corrected chi connectivity index (χ2v) is 5.89. The lowest BCUT2D eigenvalue weighted by Crippen LogP contribution is -2.35. The first kappa shape index (κ1) is 14.2. The van der Waals surface area contributed by atoms with Crippen LogP contribution in [0.25, 0.3) is 0 Å². The van der Waals surface area contributed by atoms with E-state index in [0.717, 1.165) is 18.4 Å². The Hall–Kier alpha value is -1.25. The van der Waals surface area contributed by atoms with Crippen LogP contribution < -0.4 is 5.32 Å². The zero-order chi connectivity index (χ0) is 13.8. The summed E-state index contributed by atoms with van der Waals surface area (Å²) < 4.78 is 2.15. The van der Waals surface area contributed by atoms with Crippen molar-refractivity contribution in [1.82, 2.24) is 9.88 Å². The lowest BCUT2D eigenvalue weighted by Gasteiger charge is -2.16. The Labute approximate surface area is 116 Å². The van der Waals surface area contributed by atoms with E-state index < -0.39 is 0 Å². The minimum Gasteiger partial charge on any atom is -0.353 e. The number of hydrogen-bond donors (Lipinski definition) is 1. The Bertz CT molecular complexity index is 440. The topological polar surface area (TPSA) is 34.0 Å². The molecule has 1 heterocycles. The molecule has 1 aromatic rings. The molecular formula is C16H26N2O. The summed E-state index contributed by atoms with van der Waals surface area (Å²) in [5, 5.41) is 3.22.